The van der Waals surface area contributed by atoms with Crippen molar-refractivity contribution < 1.29 is 14.6 Å². The SMILES string of the molecule is Cc1c(C(=O)c2cccc3ccccc23)c2ccccc2n1CCN1CCOC(O)C1. The van der Waals surface area contributed by atoms with Gasteiger partial charge in [-0.25, -0.2) is 0 Å². The van der Waals surface area contributed by atoms with Crippen LogP contribution in [0.2, 0.25) is 0 Å². The first-order chi connectivity index (χ1) is 15.1. The number of ketones is 1. The van der Waals surface area contributed by atoms with Gasteiger partial charge in [-0.05, 0) is 23.8 Å². The zero-order valence-electron chi connectivity index (χ0n) is 17.6. The van der Waals surface area contributed by atoms with Gasteiger partial charge >= 0.3 is 0 Å². The lowest BCUT2D eigenvalue weighted by Gasteiger charge is -2.30. The van der Waals surface area contributed by atoms with Crippen molar-refractivity contribution in [1.29, 1.82) is 0 Å². The number of carbonyl (C=O) groups is 1. The number of aromatic nitrogens is 1. The summed E-state index contributed by atoms with van der Waals surface area (Å²) in [5.41, 5.74) is 3.56. The minimum atomic E-state index is -0.722. The summed E-state index contributed by atoms with van der Waals surface area (Å²) in [6.07, 6.45) is -0.722. The quantitative estimate of drug-likeness (QED) is 0.502. The molecule has 2 heterocycles. The second-order valence-corrected chi connectivity index (χ2v) is 8.11. The van der Waals surface area contributed by atoms with Crippen LogP contribution in [0, 0.1) is 6.92 Å². The first kappa shape index (κ1) is 19.9. The topological polar surface area (TPSA) is 54.7 Å². The third kappa shape index (κ3) is 3.65. The Morgan fingerprint density at radius 1 is 1.00 bits per heavy atom. The fourth-order valence-corrected chi connectivity index (χ4v) is 4.69. The summed E-state index contributed by atoms with van der Waals surface area (Å²) in [6, 6.07) is 22.1. The summed E-state index contributed by atoms with van der Waals surface area (Å²) in [4.78, 5) is 16.0. The number of hydrogen-bond acceptors (Lipinski definition) is 4. The Labute approximate surface area is 181 Å². The number of benzene rings is 3. The second-order valence-electron chi connectivity index (χ2n) is 8.11. The van der Waals surface area contributed by atoms with E-state index >= 15 is 0 Å². The number of para-hydroxylation sites is 1. The van der Waals surface area contributed by atoms with Gasteiger partial charge in [0.2, 0.25) is 0 Å². The lowest BCUT2D eigenvalue weighted by molar-refractivity contribution is -0.146. The van der Waals surface area contributed by atoms with Gasteiger partial charge in [-0.1, -0.05) is 60.7 Å². The number of fused-ring (bicyclic) bond motifs is 2. The number of hydrogen-bond donors (Lipinski definition) is 1. The molecule has 1 aromatic heterocycles. The van der Waals surface area contributed by atoms with Crippen molar-refractivity contribution in [2.24, 2.45) is 0 Å². The normalized spacial score (nSPS) is 17.4. The molecule has 1 unspecified atom stereocenters. The number of β-amino-alcohol motifs (C(OH)–C–C–N with tert-alkyl or cyclic N) is 1. The number of aliphatic hydroxyl groups excluding tert-OH is 1. The highest BCUT2D eigenvalue weighted by Gasteiger charge is 2.23. The average molecular weight is 415 g/mol. The molecular formula is C26H26N2O3. The number of rotatable bonds is 5. The van der Waals surface area contributed by atoms with Crippen LogP contribution in [0.15, 0.2) is 66.7 Å². The molecule has 3 aromatic carbocycles. The van der Waals surface area contributed by atoms with E-state index in [9.17, 15) is 9.90 Å². The Morgan fingerprint density at radius 3 is 2.58 bits per heavy atom. The molecule has 1 aliphatic heterocycles. The van der Waals surface area contributed by atoms with Gasteiger partial charge in [0.05, 0.1) is 12.2 Å². The van der Waals surface area contributed by atoms with Crippen LogP contribution in [0.4, 0.5) is 0 Å². The van der Waals surface area contributed by atoms with E-state index in [2.05, 4.69) is 15.5 Å². The summed E-state index contributed by atoms with van der Waals surface area (Å²) < 4.78 is 7.47. The molecule has 1 aliphatic rings. The molecule has 158 valence electrons. The standard InChI is InChI=1S/C26H26N2O3/c1-18-25(26(30)21-11-6-8-19-7-2-3-9-20(19)21)22-10-4-5-12-23(22)28(18)14-13-27-15-16-31-24(29)17-27/h2-12,24,29H,13-17H2,1H3. The predicted octanol–water partition coefficient (Wildman–Crippen LogP) is 3.98. The van der Waals surface area contributed by atoms with Crippen LogP contribution in [0.3, 0.4) is 0 Å². The number of carbonyl (C=O) groups excluding carboxylic acids is 1. The molecule has 0 bridgehead atoms. The zero-order valence-corrected chi connectivity index (χ0v) is 17.6. The molecular weight excluding hydrogens is 388 g/mol. The van der Waals surface area contributed by atoms with Gasteiger partial charge < -0.3 is 14.4 Å². The zero-order chi connectivity index (χ0) is 21.4. The third-order valence-electron chi connectivity index (χ3n) is 6.26. The van der Waals surface area contributed by atoms with Gasteiger partial charge in [-0.15, -0.1) is 0 Å². The first-order valence-electron chi connectivity index (χ1n) is 10.8. The van der Waals surface area contributed by atoms with Gasteiger partial charge in [0.25, 0.3) is 0 Å². The highest BCUT2D eigenvalue weighted by Crippen LogP contribution is 2.30. The molecule has 1 atom stereocenters. The van der Waals surface area contributed by atoms with Gasteiger partial charge in [-0.3, -0.25) is 9.69 Å². The summed E-state index contributed by atoms with van der Waals surface area (Å²) in [5, 5.41) is 12.8. The molecule has 1 saturated heterocycles. The van der Waals surface area contributed by atoms with Crippen LogP contribution in [-0.4, -0.2) is 52.9 Å². The molecule has 0 amide bonds. The number of nitrogens with zero attached hydrogens (tertiary/aromatic N) is 2. The van der Waals surface area contributed by atoms with Crippen molar-refractivity contribution in [1.82, 2.24) is 9.47 Å². The highest BCUT2D eigenvalue weighted by molar-refractivity contribution is 6.22. The molecule has 1 fully saturated rings. The van der Waals surface area contributed by atoms with Crippen LogP contribution in [-0.2, 0) is 11.3 Å². The Hall–Kier alpha value is -2.99. The number of ether oxygens (including phenoxy) is 1. The Kier molecular flexibility index (Phi) is 5.32. The van der Waals surface area contributed by atoms with Crippen molar-refractivity contribution in [2.75, 3.05) is 26.2 Å². The maximum Gasteiger partial charge on any atom is 0.196 e. The van der Waals surface area contributed by atoms with E-state index in [1.807, 2.05) is 67.6 Å². The van der Waals surface area contributed by atoms with Crippen LogP contribution in [0.25, 0.3) is 21.7 Å². The van der Waals surface area contributed by atoms with Gasteiger partial charge in [0.15, 0.2) is 12.1 Å². The van der Waals surface area contributed by atoms with Crippen LogP contribution >= 0.6 is 0 Å². The third-order valence-corrected chi connectivity index (χ3v) is 6.26. The maximum atomic E-state index is 13.8. The summed E-state index contributed by atoms with van der Waals surface area (Å²) in [6.45, 7) is 5.44. The van der Waals surface area contributed by atoms with Crippen molar-refractivity contribution in [3.63, 3.8) is 0 Å². The molecule has 5 heteroatoms. The van der Waals surface area contributed by atoms with Crippen LogP contribution in [0.5, 0.6) is 0 Å². The van der Waals surface area contributed by atoms with Crippen LogP contribution < -0.4 is 0 Å². The van der Waals surface area contributed by atoms with E-state index in [0.717, 1.165) is 58.1 Å². The monoisotopic (exact) mass is 414 g/mol. The molecule has 0 aliphatic carbocycles. The van der Waals surface area contributed by atoms with Crippen LogP contribution in [0.1, 0.15) is 21.6 Å². The lowest BCUT2D eigenvalue weighted by atomic mass is 9.95. The predicted molar refractivity (Wildman–Crippen MR) is 122 cm³/mol. The van der Waals surface area contributed by atoms with E-state index < -0.39 is 6.29 Å². The van der Waals surface area contributed by atoms with Crippen molar-refractivity contribution >= 4 is 27.5 Å². The number of aliphatic hydroxyl groups is 1. The van der Waals surface area contributed by atoms with E-state index in [0.29, 0.717) is 13.2 Å². The summed E-state index contributed by atoms with van der Waals surface area (Å²) >= 11 is 0. The number of morpholine rings is 1. The van der Waals surface area contributed by atoms with Crippen molar-refractivity contribution in [3.8, 4) is 0 Å². The van der Waals surface area contributed by atoms with E-state index in [4.69, 9.17) is 4.74 Å². The Balaban J connectivity index is 1.55. The Bertz CT molecular complexity index is 1250. The fraction of sp³-hybridized carbons (Fsp3) is 0.269. The average Bonchev–Trinajstić information content (AvgIpc) is 3.08. The molecule has 5 rings (SSSR count). The molecule has 0 saturated carbocycles. The van der Waals surface area contributed by atoms with Gasteiger partial charge in [-0.2, -0.15) is 0 Å². The lowest BCUT2D eigenvalue weighted by Crippen LogP contribution is -2.43. The van der Waals surface area contributed by atoms with Gasteiger partial charge in [0.1, 0.15) is 0 Å². The fourth-order valence-electron chi connectivity index (χ4n) is 4.69. The molecule has 31 heavy (non-hydrogen) atoms. The second kappa shape index (κ2) is 8.27. The molecule has 5 nitrogen and oxygen atoms in total. The van der Waals surface area contributed by atoms with E-state index in [1.54, 1.807) is 0 Å². The minimum Gasteiger partial charge on any atom is -0.367 e. The largest absolute Gasteiger partial charge is 0.367 e. The molecule has 1 N–H and O–H groups in total. The summed E-state index contributed by atoms with van der Waals surface area (Å²) in [5.74, 6) is 0.0612. The molecule has 0 radical (unpaired) electrons. The summed E-state index contributed by atoms with van der Waals surface area (Å²) in [7, 11) is 0. The van der Waals surface area contributed by atoms with E-state index in [1.165, 1.54) is 0 Å². The molecule has 0 spiro atoms. The highest BCUT2D eigenvalue weighted by atomic mass is 16.6. The van der Waals surface area contributed by atoms with Crippen molar-refractivity contribution in [3.05, 3.63) is 83.6 Å². The molecule has 4 aromatic rings. The first-order valence-corrected chi connectivity index (χ1v) is 10.8. The smallest absolute Gasteiger partial charge is 0.196 e. The minimum absolute atomic E-state index is 0.0612. The Morgan fingerprint density at radius 2 is 1.74 bits per heavy atom. The van der Waals surface area contributed by atoms with Gasteiger partial charge in [0, 0.05) is 48.3 Å². The van der Waals surface area contributed by atoms with E-state index in [-0.39, 0.29) is 5.78 Å². The maximum absolute atomic E-state index is 13.8. The van der Waals surface area contributed by atoms with Crippen molar-refractivity contribution in [2.45, 2.75) is 19.8 Å².